The Bertz CT molecular complexity index is 962. The van der Waals surface area contributed by atoms with Crippen LogP contribution in [0.15, 0.2) is 6.07 Å². The minimum absolute atomic E-state index is 0.0120. The number of alkyl halides is 5. The summed E-state index contributed by atoms with van der Waals surface area (Å²) in [5.41, 5.74) is -3.06. The average Bonchev–Trinajstić information content (AvgIpc) is 3.43. The van der Waals surface area contributed by atoms with E-state index in [0.717, 1.165) is 6.42 Å². The SMILES string of the molecule is O=C(CC(O)(CF)CF)Nc1nc2cc(C3CC3)c(C(F)(F)F)nc2n1C1CCC1. The summed E-state index contributed by atoms with van der Waals surface area (Å²) in [6.45, 7) is -2.89. The molecule has 0 spiro atoms. The van der Waals surface area contributed by atoms with Crippen LogP contribution in [0.2, 0.25) is 0 Å². The van der Waals surface area contributed by atoms with E-state index in [-0.39, 0.29) is 34.6 Å². The van der Waals surface area contributed by atoms with Gasteiger partial charge in [0.05, 0.1) is 6.42 Å². The number of aliphatic hydroxyl groups is 1. The molecule has 2 fully saturated rings. The number of rotatable bonds is 7. The molecular formula is C19H21F5N4O2. The molecule has 30 heavy (non-hydrogen) atoms. The Morgan fingerprint density at radius 3 is 2.33 bits per heavy atom. The number of halogens is 5. The first kappa shape index (κ1) is 21.0. The maximum absolute atomic E-state index is 13.6. The monoisotopic (exact) mass is 432 g/mol. The third-order valence-electron chi connectivity index (χ3n) is 5.66. The van der Waals surface area contributed by atoms with Crippen LogP contribution < -0.4 is 5.32 Å². The van der Waals surface area contributed by atoms with Gasteiger partial charge in [-0.1, -0.05) is 0 Å². The number of anilines is 1. The molecule has 2 N–H and O–H groups in total. The zero-order valence-corrected chi connectivity index (χ0v) is 16.0. The minimum Gasteiger partial charge on any atom is -0.384 e. The fraction of sp³-hybridized carbons (Fsp3) is 0.632. The van der Waals surface area contributed by atoms with Crippen molar-refractivity contribution in [3.8, 4) is 0 Å². The Labute approximate surface area is 168 Å². The van der Waals surface area contributed by atoms with Crippen molar-refractivity contribution in [2.45, 2.75) is 62.3 Å². The first-order valence-electron chi connectivity index (χ1n) is 9.79. The fourth-order valence-corrected chi connectivity index (χ4v) is 3.65. The summed E-state index contributed by atoms with van der Waals surface area (Å²) in [6.07, 6.45) is -1.94. The van der Waals surface area contributed by atoms with Gasteiger partial charge in [-0.3, -0.25) is 14.7 Å². The van der Waals surface area contributed by atoms with Gasteiger partial charge < -0.3 is 5.11 Å². The third-order valence-corrected chi connectivity index (χ3v) is 5.66. The van der Waals surface area contributed by atoms with E-state index in [1.165, 1.54) is 10.6 Å². The normalized spacial score (nSPS) is 17.9. The molecule has 0 bridgehead atoms. The largest absolute Gasteiger partial charge is 0.433 e. The summed E-state index contributed by atoms with van der Waals surface area (Å²) in [4.78, 5) is 20.4. The highest BCUT2D eigenvalue weighted by molar-refractivity contribution is 5.92. The lowest BCUT2D eigenvalue weighted by Crippen LogP contribution is -2.38. The number of hydrogen-bond donors (Lipinski definition) is 2. The van der Waals surface area contributed by atoms with E-state index in [4.69, 9.17) is 0 Å². The topological polar surface area (TPSA) is 80.0 Å². The Morgan fingerprint density at radius 2 is 1.83 bits per heavy atom. The van der Waals surface area contributed by atoms with Crippen molar-refractivity contribution in [3.63, 3.8) is 0 Å². The molecule has 2 aromatic rings. The molecular weight excluding hydrogens is 411 g/mol. The number of pyridine rings is 1. The second-order valence-electron chi connectivity index (χ2n) is 8.15. The first-order valence-corrected chi connectivity index (χ1v) is 9.79. The van der Waals surface area contributed by atoms with Crippen molar-refractivity contribution in [2.24, 2.45) is 0 Å². The molecule has 6 nitrogen and oxygen atoms in total. The van der Waals surface area contributed by atoms with Crippen LogP contribution in [0.1, 0.15) is 61.7 Å². The molecule has 2 aliphatic rings. The van der Waals surface area contributed by atoms with Crippen LogP contribution in [0.4, 0.5) is 27.9 Å². The lowest BCUT2D eigenvalue weighted by atomic mass is 9.93. The lowest BCUT2D eigenvalue weighted by molar-refractivity contribution is -0.141. The number of imidazole rings is 1. The molecule has 0 unspecified atom stereocenters. The van der Waals surface area contributed by atoms with Crippen LogP contribution >= 0.6 is 0 Å². The van der Waals surface area contributed by atoms with Gasteiger partial charge in [0.25, 0.3) is 0 Å². The smallest absolute Gasteiger partial charge is 0.384 e. The zero-order valence-electron chi connectivity index (χ0n) is 16.0. The summed E-state index contributed by atoms with van der Waals surface area (Å²) in [7, 11) is 0. The Hall–Kier alpha value is -2.30. The number of carbonyl (C=O) groups is 1. The van der Waals surface area contributed by atoms with Gasteiger partial charge in [0.2, 0.25) is 11.9 Å². The Morgan fingerprint density at radius 1 is 1.17 bits per heavy atom. The number of carbonyl (C=O) groups excluding carboxylic acids is 1. The molecule has 0 aliphatic heterocycles. The van der Waals surface area contributed by atoms with Crippen molar-refractivity contribution < 1.29 is 31.9 Å². The van der Waals surface area contributed by atoms with Gasteiger partial charge in [-0.2, -0.15) is 13.2 Å². The fourth-order valence-electron chi connectivity index (χ4n) is 3.65. The average molecular weight is 432 g/mol. The number of amides is 1. The van der Waals surface area contributed by atoms with Crippen LogP contribution in [0, 0.1) is 0 Å². The van der Waals surface area contributed by atoms with Gasteiger partial charge in [0, 0.05) is 6.04 Å². The predicted octanol–water partition coefficient (Wildman–Crippen LogP) is 4.05. The standard InChI is InChI=1S/C19H21F5N4O2/c20-8-18(30,9-21)7-14(29)26-17-25-13-6-12(10-4-5-10)15(19(22,23)24)27-16(13)28(17)11-2-1-3-11/h6,10-11,30H,1-5,7-9H2,(H,25,26,29). The summed E-state index contributed by atoms with van der Waals surface area (Å²) < 4.78 is 68.0. The summed E-state index contributed by atoms with van der Waals surface area (Å²) in [5.74, 6) is -1.13. The van der Waals surface area contributed by atoms with Gasteiger partial charge in [-0.05, 0) is 49.7 Å². The van der Waals surface area contributed by atoms with E-state index in [9.17, 15) is 31.9 Å². The quantitative estimate of drug-likeness (QED) is 0.647. The molecule has 0 atom stereocenters. The van der Waals surface area contributed by atoms with Gasteiger partial charge in [-0.25, -0.2) is 18.7 Å². The van der Waals surface area contributed by atoms with Crippen LogP contribution in [0.3, 0.4) is 0 Å². The Kier molecular flexibility index (Phi) is 5.19. The van der Waals surface area contributed by atoms with Crippen molar-refractivity contribution in [1.82, 2.24) is 14.5 Å². The van der Waals surface area contributed by atoms with E-state index in [1.807, 2.05) is 0 Å². The van der Waals surface area contributed by atoms with Crippen molar-refractivity contribution in [2.75, 3.05) is 18.7 Å². The molecule has 1 amide bonds. The maximum Gasteiger partial charge on any atom is 0.433 e. The van der Waals surface area contributed by atoms with Crippen LogP contribution in [-0.2, 0) is 11.0 Å². The van der Waals surface area contributed by atoms with Gasteiger partial charge in [-0.15, -0.1) is 0 Å². The van der Waals surface area contributed by atoms with Crippen molar-refractivity contribution in [1.29, 1.82) is 0 Å². The van der Waals surface area contributed by atoms with E-state index >= 15 is 0 Å². The first-order chi connectivity index (χ1) is 14.1. The van der Waals surface area contributed by atoms with Gasteiger partial charge >= 0.3 is 6.18 Å². The van der Waals surface area contributed by atoms with E-state index < -0.39 is 43.1 Å². The zero-order chi connectivity index (χ0) is 21.7. The molecule has 0 aromatic carbocycles. The molecule has 11 heteroatoms. The minimum atomic E-state index is -4.62. The number of fused-ring (bicyclic) bond motifs is 1. The predicted molar refractivity (Wildman–Crippen MR) is 97.5 cm³/mol. The Balaban J connectivity index is 1.75. The molecule has 2 saturated carbocycles. The summed E-state index contributed by atoms with van der Waals surface area (Å²) in [6, 6.07) is 1.18. The van der Waals surface area contributed by atoms with E-state index in [0.29, 0.717) is 25.7 Å². The molecule has 0 radical (unpaired) electrons. The van der Waals surface area contributed by atoms with Crippen molar-refractivity contribution in [3.05, 3.63) is 17.3 Å². The van der Waals surface area contributed by atoms with Crippen LogP contribution in [0.25, 0.3) is 11.2 Å². The lowest BCUT2D eigenvalue weighted by Gasteiger charge is -2.29. The van der Waals surface area contributed by atoms with E-state index in [1.54, 1.807) is 0 Å². The number of nitrogens with zero attached hydrogens (tertiary/aromatic N) is 3. The highest BCUT2D eigenvalue weighted by Gasteiger charge is 2.41. The third kappa shape index (κ3) is 3.86. The highest BCUT2D eigenvalue weighted by Crippen LogP contribution is 2.47. The molecule has 2 aliphatic carbocycles. The van der Waals surface area contributed by atoms with Crippen LogP contribution in [0.5, 0.6) is 0 Å². The number of hydrogen-bond acceptors (Lipinski definition) is 4. The second kappa shape index (κ2) is 7.44. The number of aromatic nitrogens is 3. The number of nitrogens with one attached hydrogen (secondary N) is 1. The van der Waals surface area contributed by atoms with E-state index in [2.05, 4.69) is 15.3 Å². The van der Waals surface area contributed by atoms with Gasteiger partial charge in [0.1, 0.15) is 24.5 Å². The molecule has 4 rings (SSSR count). The molecule has 2 heterocycles. The summed E-state index contributed by atoms with van der Waals surface area (Å²) >= 11 is 0. The molecule has 0 saturated heterocycles. The molecule has 164 valence electrons. The summed E-state index contributed by atoms with van der Waals surface area (Å²) in [5, 5.41) is 12.1. The highest BCUT2D eigenvalue weighted by atomic mass is 19.4. The van der Waals surface area contributed by atoms with Crippen molar-refractivity contribution >= 4 is 23.0 Å². The second-order valence-corrected chi connectivity index (χ2v) is 8.15. The van der Waals surface area contributed by atoms with Gasteiger partial charge in [0.15, 0.2) is 11.3 Å². The van der Waals surface area contributed by atoms with Crippen LogP contribution in [-0.4, -0.2) is 44.5 Å². The molecule has 2 aromatic heterocycles. The maximum atomic E-state index is 13.6.